The molecule has 0 spiro atoms. The smallest absolute Gasteiger partial charge is 0.268 e. The van der Waals surface area contributed by atoms with Crippen molar-refractivity contribution in [2.75, 3.05) is 0 Å². The third-order valence-electron chi connectivity index (χ3n) is 2.81. The third kappa shape index (κ3) is 3.06. The highest BCUT2D eigenvalue weighted by Crippen LogP contribution is 2.12. The SMILES string of the molecule is CCCCCc1cnc(C(=O)c2ccccc2)o1. The molecule has 0 aliphatic carbocycles. The molecule has 0 aliphatic heterocycles. The van der Waals surface area contributed by atoms with Gasteiger partial charge in [0.25, 0.3) is 5.89 Å². The van der Waals surface area contributed by atoms with Gasteiger partial charge in [-0.3, -0.25) is 4.79 Å². The second kappa shape index (κ2) is 6.15. The zero-order valence-corrected chi connectivity index (χ0v) is 10.6. The van der Waals surface area contributed by atoms with Gasteiger partial charge in [0.05, 0.1) is 6.20 Å². The number of ketones is 1. The minimum atomic E-state index is -0.155. The van der Waals surface area contributed by atoms with Crippen LogP contribution in [-0.4, -0.2) is 10.8 Å². The van der Waals surface area contributed by atoms with Gasteiger partial charge < -0.3 is 4.42 Å². The lowest BCUT2D eigenvalue weighted by atomic mass is 10.1. The Bertz CT molecular complexity index is 502. The lowest BCUT2D eigenvalue weighted by Crippen LogP contribution is -2.00. The van der Waals surface area contributed by atoms with Gasteiger partial charge in [-0.15, -0.1) is 0 Å². The first-order valence-electron chi connectivity index (χ1n) is 6.35. The van der Waals surface area contributed by atoms with Gasteiger partial charge in [-0.2, -0.15) is 0 Å². The fraction of sp³-hybridized carbons (Fsp3) is 0.333. The van der Waals surface area contributed by atoms with Gasteiger partial charge in [0, 0.05) is 12.0 Å². The van der Waals surface area contributed by atoms with E-state index in [-0.39, 0.29) is 11.7 Å². The van der Waals surface area contributed by atoms with E-state index >= 15 is 0 Å². The Morgan fingerprint density at radius 1 is 1.22 bits per heavy atom. The van der Waals surface area contributed by atoms with E-state index in [1.54, 1.807) is 18.3 Å². The standard InChI is InChI=1S/C15H17NO2/c1-2-3-5-10-13-11-16-15(18-13)14(17)12-8-6-4-7-9-12/h4,6-9,11H,2-3,5,10H2,1H3. The molecule has 18 heavy (non-hydrogen) atoms. The van der Waals surface area contributed by atoms with Gasteiger partial charge in [-0.1, -0.05) is 50.1 Å². The number of rotatable bonds is 6. The molecule has 0 amide bonds. The first-order valence-corrected chi connectivity index (χ1v) is 6.35. The largest absolute Gasteiger partial charge is 0.439 e. The van der Waals surface area contributed by atoms with Crippen LogP contribution in [0.5, 0.6) is 0 Å². The predicted molar refractivity (Wildman–Crippen MR) is 69.6 cm³/mol. The maximum absolute atomic E-state index is 12.0. The Kier molecular flexibility index (Phi) is 4.29. The summed E-state index contributed by atoms with van der Waals surface area (Å²) in [6.07, 6.45) is 5.92. The minimum absolute atomic E-state index is 0.155. The van der Waals surface area contributed by atoms with Gasteiger partial charge in [0.15, 0.2) is 0 Å². The van der Waals surface area contributed by atoms with Gasteiger partial charge in [-0.25, -0.2) is 4.98 Å². The summed E-state index contributed by atoms with van der Waals surface area (Å²) in [4.78, 5) is 16.1. The Morgan fingerprint density at radius 2 is 2.00 bits per heavy atom. The number of carbonyl (C=O) groups is 1. The summed E-state index contributed by atoms with van der Waals surface area (Å²) in [5, 5.41) is 0. The van der Waals surface area contributed by atoms with Crippen molar-refractivity contribution in [3.8, 4) is 0 Å². The topological polar surface area (TPSA) is 43.1 Å². The third-order valence-corrected chi connectivity index (χ3v) is 2.81. The molecule has 1 heterocycles. The molecule has 0 bridgehead atoms. The molecule has 0 saturated carbocycles. The summed E-state index contributed by atoms with van der Waals surface area (Å²) >= 11 is 0. The summed E-state index contributed by atoms with van der Waals surface area (Å²) in [5.41, 5.74) is 0.611. The van der Waals surface area contributed by atoms with Crippen LogP contribution in [0.25, 0.3) is 0 Å². The average molecular weight is 243 g/mol. The Morgan fingerprint density at radius 3 is 2.72 bits per heavy atom. The van der Waals surface area contributed by atoms with Crippen LogP contribution in [0.2, 0.25) is 0 Å². The van der Waals surface area contributed by atoms with Crippen molar-refractivity contribution in [3.05, 3.63) is 53.7 Å². The lowest BCUT2D eigenvalue weighted by Gasteiger charge is -1.96. The highest BCUT2D eigenvalue weighted by Gasteiger charge is 2.14. The van der Waals surface area contributed by atoms with Crippen LogP contribution in [0.15, 0.2) is 40.9 Å². The highest BCUT2D eigenvalue weighted by atomic mass is 16.4. The molecule has 94 valence electrons. The van der Waals surface area contributed by atoms with Crippen LogP contribution >= 0.6 is 0 Å². The van der Waals surface area contributed by atoms with Gasteiger partial charge in [0.2, 0.25) is 5.78 Å². The molecule has 2 rings (SSSR count). The molecular formula is C15H17NO2. The van der Waals surface area contributed by atoms with Crippen LogP contribution in [0.3, 0.4) is 0 Å². The molecular weight excluding hydrogens is 226 g/mol. The highest BCUT2D eigenvalue weighted by molar-refractivity contribution is 6.05. The molecule has 0 unspecified atom stereocenters. The van der Waals surface area contributed by atoms with Crippen molar-refractivity contribution in [3.63, 3.8) is 0 Å². The summed E-state index contributed by atoms with van der Waals surface area (Å²) < 4.78 is 5.49. The van der Waals surface area contributed by atoms with Crippen molar-refractivity contribution in [1.82, 2.24) is 4.98 Å². The van der Waals surface area contributed by atoms with E-state index in [9.17, 15) is 4.79 Å². The van der Waals surface area contributed by atoms with Crippen molar-refractivity contribution >= 4 is 5.78 Å². The molecule has 1 aromatic carbocycles. The molecule has 0 saturated heterocycles. The first-order chi connectivity index (χ1) is 8.81. The Balaban J connectivity index is 2.04. The normalized spacial score (nSPS) is 10.5. The van der Waals surface area contributed by atoms with E-state index in [0.717, 1.165) is 18.6 Å². The van der Waals surface area contributed by atoms with E-state index in [0.29, 0.717) is 5.56 Å². The minimum Gasteiger partial charge on any atom is -0.439 e. The quantitative estimate of drug-likeness (QED) is 0.574. The van der Waals surface area contributed by atoms with E-state index in [4.69, 9.17) is 4.42 Å². The molecule has 0 atom stereocenters. The lowest BCUT2D eigenvalue weighted by molar-refractivity contribution is 0.100. The zero-order chi connectivity index (χ0) is 12.8. The number of unbranched alkanes of at least 4 members (excludes halogenated alkanes) is 2. The average Bonchev–Trinajstić information content (AvgIpc) is 2.88. The molecule has 0 radical (unpaired) electrons. The van der Waals surface area contributed by atoms with Crippen molar-refractivity contribution < 1.29 is 9.21 Å². The number of nitrogens with zero attached hydrogens (tertiary/aromatic N) is 1. The van der Waals surface area contributed by atoms with E-state index in [2.05, 4.69) is 11.9 Å². The Labute approximate surface area is 107 Å². The monoisotopic (exact) mass is 243 g/mol. The molecule has 1 aromatic heterocycles. The summed E-state index contributed by atoms with van der Waals surface area (Å²) in [6.45, 7) is 2.16. The van der Waals surface area contributed by atoms with Crippen LogP contribution in [-0.2, 0) is 6.42 Å². The summed E-state index contributed by atoms with van der Waals surface area (Å²) in [6, 6.07) is 9.08. The van der Waals surface area contributed by atoms with Gasteiger partial charge >= 0.3 is 0 Å². The zero-order valence-electron chi connectivity index (χ0n) is 10.6. The number of aromatic nitrogens is 1. The van der Waals surface area contributed by atoms with Gasteiger partial charge in [0.1, 0.15) is 5.76 Å². The molecule has 2 aromatic rings. The number of aryl methyl sites for hydroxylation is 1. The fourth-order valence-electron chi connectivity index (χ4n) is 1.79. The molecule has 0 fully saturated rings. The van der Waals surface area contributed by atoms with Crippen molar-refractivity contribution in [1.29, 1.82) is 0 Å². The van der Waals surface area contributed by atoms with Crippen molar-refractivity contribution in [2.45, 2.75) is 32.6 Å². The van der Waals surface area contributed by atoms with Crippen LogP contribution in [0, 0.1) is 0 Å². The fourth-order valence-corrected chi connectivity index (χ4v) is 1.79. The number of hydrogen-bond donors (Lipinski definition) is 0. The maximum atomic E-state index is 12.0. The maximum Gasteiger partial charge on any atom is 0.268 e. The predicted octanol–water partition coefficient (Wildman–Crippen LogP) is 3.64. The molecule has 0 N–H and O–H groups in total. The molecule has 0 aliphatic rings. The van der Waals surface area contributed by atoms with Crippen LogP contribution in [0.1, 0.15) is 48.2 Å². The number of oxazole rings is 1. The molecule has 3 nitrogen and oxygen atoms in total. The summed E-state index contributed by atoms with van der Waals surface area (Å²) in [5.74, 6) is 0.827. The number of carbonyl (C=O) groups excluding carboxylic acids is 1. The van der Waals surface area contributed by atoms with Crippen molar-refractivity contribution in [2.24, 2.45) is 0 Å². The van der Waals surface area contributed by atoms with E-state index in [1.807, 2.05) is 18.2 Å². The van der Waals surface area contributed by atoms with Crippen LogP contribution < -0.4 is 0 Å². The van der Waals surface area contributed by atoms with Crippen LogP contribution in [0.4, 0.5) is 0 Å². The second-order valence-corrected chi connectivity index (χ2v) is 4.28. The number of hydrogen-bond acceptors (Lipinski definition) is 3. The van der Waals surface area contributed by atoms with E-state index < -0.39 is 0 Å². The first kappa shape index (κ1) is 12.6. The Hall–Kier alpha value is -1.90. The summed E-state index contributed by atoms with van der Waals surface area (Å²) in [7, 11) is 0. The number of benzene rings is 1. The van der Waals surface area contributed by atoms with E-state index in [1.165, 1.54) is 12.8 Å². The van der Waals surface area contributed by atoms with Gasteiger partial charge in [-0.05, 0) is 6.42 Å². The second-order valence-electron chi connectivity index (χ2n) is 4.28. The molecule has 3 heteroatoms.